The molecule has 0 aromatic carbocycles. The van der Waals surface area contributed by atoms with Crippen molar-refractivity contribution >= 4 is 5.91 Å². The molecule has 26 heavy (non-hydrogen) atoms. The molecule has 2 aliphatic carbocycles. The smallest absolute Gasteiger partial charge is 0.226 e. The van der Waals surface area contributed by atoms with E-state index in [1.165, 1.54) is 31.2 Å². The summed E-state index contributed by atoms with van der Waals surface area (Å²) in [6.07, 6.45) is 13.1. The summed E-state index contributed by atoms with van der Waals surface area (Å²) in [4.78, 5) is 15.4. The number of carbonyl (C=O) groups is 1. The Kier molecular flexibility index (Phi) is 5.35. The topological polar surface area (TPSA) is 47.4 Å². The molecule has 2 atom stereocenters. The van der Waals surface area contributed by atoms with Crippen LogP contribution in [0.4, 0.5) is 0 Å². The van der Waals surface area contributed by atoms with Crippen molar-refractivity contribution in [2.45, 2.75) is 70.4 Å². The third-order valence-corrected chi connectivity index (χ3v) is 6.58. The maximum atomic E-state index is 13.3. The fraction of sp³-hybridized carbons (Fsp3) is 0.810. The minimum Gasteiger partial charge on any atom is -0.376 e. The summed E-state index contributed by atoms with van der Waals surface area (Å²) in [7, 11) is 1.95. The lowest BCUT2D eigenvalue weighted by Crippen LogP contribution is -2.45. The van der Waals surface area contributed by atoms with E-state index >= 15 is 0 Å². The van der Waals surface area contributed by atoms with E-state index in [1.54, 1.807) is 0 Å². The van der Waals surface area contributed by atoms with Crippen molar-refractivity contribution in [2.75, 3.05) is 13.2 Å². The number of hydrogen-bond acceptors (Lipinski definition) is 3. The molecule has 1 amide bonds. The number of hydrogen-bond donors (Lipinski definition) is 0. The van der Waals surface area contributed by atoms with Gasteiger partial charge in [0.2, 0.25) is 5.91 Å². The van der Waals surface area contributed by atoms with E-state index in [-0.39, 0.29) is 18.1 Å². The summed E-state index contributed by atoms with van der Waals surface area (Å²) >= 11 is 0. The molecule has 5 heteroatoms. The van der Waals surface area contributed by atoms with Gasteiger partial charge in [0.15, 0.2) is 0 Å². The van der Waals surface area contributed by atoms with Crippen molar-refractivity contribution in [3.63, 3.8) is 0 Å². The van der Waals surface area contributed by atoms with Gasteiger partial charge in [-0.2, -0.15) is 5.10 Å². The lowest BCUT2D eigenvalue weighted by Gasteiger charge is -2.33. The van der Waals surface area contributed by atoms with E-state index in [4.69, 9.17) is 4.74 Å². The molecule has 144 valence electrons. The second kappa shape index (κ2) is 7.71. The minimum absolute atomic E-state index is 0.171. The Morgan fingerprint density at radius 1 is 1.19 bits per heavy atom. The van der Waals surface area contributed by atoms with Crippen LogP contribution >= 0.6 is 0 Å². The number of rotatable bonds is 6. The zero-order valence-electron chi connectivity index (χ0n) is 16.3. The van der Waals surface area contributed by atoms with Crippen molar-refractivity contribution in [2.24, 2.45) is 24.8 Å². The molecule has 0 unspecified atom stereocenters. The predicted molar refractivity (Wildman–Crippen MR) is 101 cm³/mol. The van der Waals surface area contributed by atoms with E-state index in [1.807, 2.05) is 17.9 Å². The number of aryl methyl sites for hydroxylation is 1. The monoisotopic (exact) mass is 359 g/mol. The van der Waals surface area contributed by atoms with Crippen molar-refractivity contribution in [3.8, 4) is 0 Å². The van der Waals surface area contributed by atoms with Crippen LogP contribution in [0.1, 0.15) is 57.4 Å². The third kappa shape index (κ3) is 4.13. The van der Waals surface area contributed by atoms with Crippen LogP contribution in [0.3, 0.4) is 0 Å². The normalized spacial score (nSPS) is 32.2. The molecule has 3 aliphatic rings. The molecule has 0 radical (unpaired) electrons. The van der Waals surface area contributed by atoms with Gasteiger partial charge in [0.1, 0.15) is 0 Å². The molecule has 1 aliphatic heterocycles. The summed E-state index contributed by atoms with van der Waals surface area (Å²) in [6.45, 7) is 4.03. The van der Waals surface area contributed by atoms with Crippen LogP contribution in [-0.4, -0.2) is 45.9 Å². The zero-order valence-corrected chi connectivity index (χ0v) is 16.3. The number of ether oxygens (including phenoxy) is 1. The molecule has 2 heterocycles. The van der Waals surface area contributed by atoms with Gasteiger partial charge in [-0.1, -0.05) is 6.92 Å². The van der Waals surface area contributed by atoms with Crippen LogP contribution in [0.25, 0.3) is 0 Å². The lowest BCUT2D eigenvalue weighted by atomic mass is 9.82. The fourth-order valence-corrected chi connectivity index (χ4v) is 4.64. The van der Waals surface area contributed by atoms with E-state index in [0.717, 1.165) is 50.7 Å². The van der Waals surface area contributed by atoms with Gasteiger partial charge in [-0.25, -0.2) is 0 Å². The number of aromatic nitrogens is 2. The van der Waals surface area contributed by atoms with Crippen molar-refractivity contribution in [1.29, 1.82) is 0 Å². The maximum absolute atomic E-state index is 13.3. The van der Waals surface area contributed by atoms with Gasteiger partial charge in [0.05, 0.1) is 18.3 Å². The van der Waals surface area contributed by atoms with Gasteiger partial charge in [0.25, 0.3) is 0 Å². The first-order chi connectivity index (χ1) is 12.6. The Balaban J connectivity index is 1.44. The van der Waals surface area contributed by atoms with Gasteiger partial charge < -0.3 is 9.64 Å². The first-order valence-corrected chi connectivity index (χ1v) is 10.5. The van der Waals surface area contributed by atoms with Gasteiger partial charge in [-0.15, -0.1) is 0 Å². The number of amides is 1. The van der Waals surface area contributed by atoms with Gasteiger partial charge in [-0.3, -0.25) is 9.48 Å². The molecule has 1 aromatic heterocycles. The van der Waals surface area contributed by atoms with Crippen LogP contribution in [-0.2, 0) is 23.0 Å². The molecular formula is C21H33N3O2. The summed E-state index contributed by atoms with van der Waals surface area (Å²) in [5.41, 5.74) is 1.20. The summed E-state index contributed by atoms with van der Waals surface area (Å²) in [6, 6.07) is 0.171. The maximum Gasteiger partial charge on any atom is 0.226 e. The van der Waals surface area contributed by atoms with E-state index < -0.39 is 0 Å². The minimum atomic E-state index is 0.171. The average Bonchev–Trinajstić information content (AvgIpc) is 3.25. The molecule has 1 saturated heterocycles. The van der Waals surface area contributed by atoms with Crippen LogP contribution in [0.5, 0.6) is 0 Å². The van der Waals surface area contributed by atoms with Crippen molar-refractivity contribution < 1.29 is 9.53 Å². The third-order valence-electron chi connectivity index (χ3n) is 6.58. The highest BCUT2D eigenvalue weighted by Gasteiger charge is 2.41. The standard InChI is InChI=1S/C21H33N3O2/c1-15-3-7-18(8-4-15)21(25)24-10-9-20(26-14-16-5-6-16)19(24)11-17-12-22-23(2)13-17/h12-13,15-16,18-20H,3-11,14H2,1-2H3/t15?,18?,19-,20+/m0/s1. The van der Waals surface area contributed by atoms with Gasteiger partial charge in [-0.05, 0) is 68.8 Å². The molecule has 0 spiro atoms. The van der Waals surface area contributed by atoms with Gasteiger partial charge in [0, 0.05) is 32.3 Å². The van der Waals surface area contributed by atoms with E-state index in [2.05, 4.69) is 23.1 Å². The Hall–Kier alpha value is -1.36. The molecule has 0 N–H and O–H groups in total. The number of likely N-dealkylation sites (tertiary alicyclic amines) is 1. The molecule has 5 nitrogen and oxygen atoms in total. The molecule has 4 rings (SSSR count). The summed E-state index contributed by atoms with van der Waals surface area (Å²) in [5.74, 6) is 2.14. The molecule has 1 aromatic rings. The molecule has 3 fully saturated rings. The first kappa shape index (κ1) is 18.0. The quantitative estimate of drug-likeness (QED) is 0.784. The first-order valence-electron chi connectivity index (χ1n) is 10.5. The average molecular weight is 360 g/mol. The highest BCUT2D eigenvalue weighted by Crippen LogP contribution is 2.35. The van der Waals surface area contributed by atoms with Crippen molar-refractivity contribution in [1.82, 2.24) is 14.7 Å². The summed E-state index contributed by atoms with van der Waals surface area (Å²) in [5, 5.41) is 4.31. The SMILES string of the molecule is CC1CCC(C(=O)N2CC[C@@H](OCC3CC3)[C@@H]2Cc2cnn(C)c2)CC1. The van der Waals surface area contributed by atoms with Crippen LogP contribution in [0.15, 0.2) is 12.4 Å². The summed E-state index contributed by atoms with van der Waals surface area (Å²) < 4.78 is 8.13. The van der Waals surface area contributed by atoms with Crippen LogP contribution in [0, 0.1) is 17.8 Å². The second-order valence-electron chi connectivity index (χ2n) is 8.89. The van der Waals surface area contributed by atoms with Crippen LogP contribution in [0.2, 0.25) is 0 Å². The van der Waals surface area contributed by atoms with Gasteiger partial charge >= 0.3 is 0 Å². The van der Waals surface area contributed by atoms with Crippen molar-refractivity contribution in [3.05, 3.63) is 18.0 Å². The second-order valence-corrected chi connectivity index (χ2v) is 8.89. The largest absolute Gasteiger partial charge is 0.376 e. The predicted octanol–water partition coefficient (Wildman–Crippen LogP) is 3.19. The molecule has 2 saturated carbocycles. The molecular weight excluding hydrogens is 326 g/mol. The Bertz CT molecular complexity index is 617. The van der Waals surface area contributed by atoms with Crippen LogP contribution < -0.4 is 0 Å². The Labute approximate surface area is 157 Å². The van der Waals surface area contributed by atoms with E-state index in [9.17, 15) is 4.79 Å². The Morgan fingerprint density at radius 2 is 1.96 bits per heavy atom. The number of nitrogens with zero attached hydrogens (tertiary/aromatic N) is 3. The Morgan fingerprint density at radius 3 is 2.62 bits per heavy atom. The number of carbonyl (C=O) groups excluding carboxylic acids is 1. The highest BCUT2D eigenvalue weighted by atomic mass is 16.5. The van der Waals surface area contributed by atoms with E-state index in [0.29, 0.717) is 5.91 Å². The highest BCUT2D eigenvalue weighted by molar-refractivity contribution is 5.79. The molecule has 0 bridgehead atoms. The fourth-order valence-electron chi connectivity index (χ4n) is 4.64. The lowest BCUT2D eigenvalue weighted by molar-refractivity contribution is -0.139. The zero-order chi connectivity index (χ0) is 18.1.